The first kappa shape index (κ1) is 20.0. The van der Waals surface area contributed by atoms with Crippen molar-refractivity contribution in [2.24, 2.45) is 0 Å². The fourth-order valence-corrected chi connectivity index (χ4v) is 3.80. The van der Waals surface area contributed by atoms with Crippen LogP contribution in [0.2, 0.25) is 5.02 Å². The van der Waals surface area contributed by atoms with E-state index in [-0.39, 0.29) is 18.1 Å². The van der Waals surface area contributed by atoms with Crippen molar-refractivity contribution in [3.63, 3.8) is 0 Å². The van der Waals surface area contributed by atoms with Gasteiger partial charge in [0.25, 0.3) is 0 Å². The van der Waals surface area contributed by atoms with Crippen LogP contribution in [0.3, 0.4) is 0 Å². The van der Waals surface area contributed by atoms with Crippen molar-refractivity contribution in [3.8, 4) is 23.0 Å². The average molecular weight is 420 g/mol. The fraction of sp³-hybridized carbons (Fsp3) is 0.160. The number of carbonyl (C=O) groups excluding carboxylic acids is 1. The van der Waals surface area contributed by atoms with Crippen molar-refractivity contribution >= 4 is 17.7 Å². The number of halogens is 2. The number of rotatable bonds is 4. The first-order valence-electron chi connectivity index (χ1n) is 9.66. The molecule has 5 heteroatoms. The molecule has 0 aliphatic heterocycles. The number of alkyl carbamates (subject to hydrolysis) is 1. The van der Waals surface area contributed by atoms with Gasteiger partial charge in [-0.2, -0.15) is 0 Å². The van der Waals surface area contributed by atoms with Gasteiger partial charge in [-0.05, 0) is 40.5 Å². The zero-order chi connectivity index (χ0) is 20.9. The normalized spacial score (nSPS) is 11.8. The second-order valence-electron chi connectivity index (χ2n) is 6.93. The Bertz CT molecular complexity index is 1100. The van der Waals surface area contributed by atoms with E-state index >= 15 is 0 Å². The smallest absolute Gasteiger partial charge is 0.407 e. The molecule has 4 rings (SSSR count). The Kier molecular flexibility index (Phi) is 6.02. The Morgan fingerprint density at radius 2 is 1.70 bits per heavy atom. The molecule has 0 saturated carbocycles. The summed E-state index contributed by atoms with van der Waals surface area (Å²) in [5, 5.41) is 3.11. The molecule has 0 radical (unpaired) electrons. The lowest BCUT2D eigenvalue weighted by atomic mass is 9.98. The maximum atomic E-state index is 13.6. The maximum absolute atomic E-state index is 13.6. The molecular formula is C25H19ClFNO2. The molecule has 1 aliphatic rings. The second-order valence-corrected chi connectivity index (χ2v) is 7.36. The number of amides is 1. The van der Waals surface area contributed by atoms with Crippen molar-refractivity contribution < 1.29 is 13.9 Å². The molecule has 1 aliphatic carbocycles. The van der Waals surface area contributed by atoms with Crippen molar-refractivity contribution in [2.75, 3.05) is 13.2 Å². The minimum atomic E-state index is -0.493. The summed E-state index contributed by atoms with van der Waals surface area (Å²) < 4.78 is 19.1. The Hall–Kier alpha value is -3.29. The minimum Gasteiger partial charge on any atom is -0.449 e. The van der Waals surface area contributed by atoms with Crippen LogP contribution in [-0.2, 0) is 4.74 Å². The highest BCUT2D eigenvalue weighted by Crippen LogP contribution is 2.44. The van der Waals surface area contributed by atoms with Crippen LogP contribution < -0.4 is 5.32 Å². The van der Waals surface area contributed by atoms with Crippen LogP contribution in [0.4, 0.5) is 9.18 Å². The summed E-state index contributed by atoms with van der Waals surface area (Å²) in [5.74, 6) is 5.16. The van der Waals surface area contributed by atoms with Crippen LogP contribution in [0.15, 0.2) is 66.7 Å². The first-order chi connectivity index (χ1) is 14.6. The molecule has 0 atom stereocenters. The van der Waals surface area contributed by atoms with Crippen LogP contribution in [-0.4, -0.2) is 19.2 Å². The van der Waals surface area contributed by atoms with Gasteiger partial charge in [-0.3, -0.25) is 0 Å². The molecule has 0 aromatic heterocycles. The zero-order valence-corrected chi connectivity index (χ0v) is 16.9. The van der Waals surface area contributed by atoms with Gasteiger partial charge in [-0.1, -0.05) is 72.0 Å². The number of fused-ring (bicyclic) bond motifs is 3. The molecule has 3 aromatic rings. The third kappa shape index (κ3) is 4.32. The summed E-state index contributed by atoms with van der Waals surface area (Å²) in [6, 6.07) is 20.6. The van der Waals surface area contributed by atoms with Gasteiger partial charge in [0.15, 0.2) is 0 Å². The van der Waals surface area contributed by atoms with E-state index in [4.69, 9.17) is 16.3 Å². The van der Waals surface area contributed by atoms with Crippen LogP contribution in [0, 0.1) is 17.7 Å². The van der Waals surface area contributed by atoms with Gasteiger partial charge in [0.05, 0.1) is 5.56 Å². The molecule has 0 bridgehead atoms. The van der Waals surface area contributed by atoms with Gasteiger partial charge in [-0.15, -0.1) is 0 Å². The summed E-state index contributed by atoms with van der Waals surface area (Å²) >= 11 is 5.84. The van der Waals surface area contributed by atoms with E-state index in [0.29, 0.717) is 18.0 Å². The zero-order valence-electron chi connectivity index (χ0n) is 16.1. The maximum Gasteiger partial charge on any atom is 0.407 e. The van der Waals surface area contributed by atoms with E-state index in [9.17, 15) is 9.18 Å². The molecule has 0 saturated heterocycles. The fourth-order valence-electron chi connectivity index (χ4n) is 3.63. The second kappa shape index (κ2) is 9.02. The topological polar surface area (TPSA) is 38.3 Å². The monoisotopic (exact) mass is 419 g/mol. The molecule has 0 unspecified atom stereocenters. The highest BCUT2D eigenvalue weighted by Gasteiger charge is 2.28. The Morgan fingerprint density at radius 1 is 1.03 bits per heavy atom. The molecule has 0 heterocycles. The van der Waals surface area contributed by atoms with Gasteiger partial charge in [0.2, 0.25) is 0 Å². The van der Waals surface area contributed by atoms with E-state index in [1.807, 2.05) is 24.3 Å². The summed E-state index contributed by atoms with van der Waals surface area (Å²) in [7, 11) is 0. The summed E-state index contributed by atoms with van der Waals surface area (Å²) in [5.41, 5.74) is 4.95. The van der Waals surface area contributed by atoms with Crippen molar-refractivity contribution in [1.82, 2.24) is 5.32 Å². The Morgan fingerprint density at radius 3 is 2.40 bits per heavy atom. The quantitative estimate of drug-likeness (QED) is 0.431. The van der Waals surface area contributed by atoms with E-state index < -0.39 is 11.9 Å². The van der Waals surface area contributed by atoms with E-state index in [1.165, 1.54) is 40.5 Å². The lowest BCUT2D eigenvalue weighted by molar-refractivity contribution is 0.143. The molecule has 3 aromatic carbocycles. The van der Waals surface area contributed by atoms with Crippen molar-refractivity contribution in [3.05, 3.63) is 94.3 Å². The van der Waals surface area contributed by atoms with Gasteiger partial charge < -0.3 is 10.1 Å². The Balaban J connectivity index is 1.30. The molecule has 1 amide bonds. The lowest BCUT2D eigenvalue weighted by Crippen LogP contribution is -2.26. The van der Waals surface area contributed by atoms with E-state index in [1.54, 1.807) is 0 Å². The van der Waals surface area contributed by atoms with Crippen LogP contribution in [0.5, 0.6) is 0 Å². The first-order valence-corrected chi connectivity index (χ1v) is 10.0. The summed E-state index contributed by atoms with van der Waals surface area (Å²) in [4.78, 5) is 12.1. The highest BCUT2D eigenvalue weighted by atomic mass is 35.5. The summed E-state index contributed by atoms with van der Waals surface area (Å²) in [6.45, 7) is 0.575. The standard InChI is InChI=1S/C25H19ClFNO2/c26-18-12-13-24(27)17(15-18)7-5-6-14-28-25(29)30-16-23-21-10-3-1-8-19(21)20-9-2-4-11-22(20)23/h1-4,8-13,15,23H,6,14,16H2,(H,28,29). The molecular weight excluding hydrogens is 401 g/mol. The molecule has 0 fully saturated rings. The minimum absolute atomic E-state index is 0.0220. The SMILES string of the molecule is O=C(NCCC#Cc1cc(Cl)ccc1F)OCC1c2ccccc2-c2ccccc21. The van der Waals surface area contributed by atoms with Gasteiger partial charge in [-0.25, -0.2) is 9.18 Å². The number of carbonyl (C=O) groups is 1. The number of nitrogens with one attached hydrogen (secondary N) is 1. The predicted molar refractivity (Wildman–Crippen MR) is 116 cm³/mol. The molecule has 1 N–H and O–H groups in total. The molecule has 3 nitrogen and oxygen atoms in total. The van der Waals surface area contributed by atoms with Crippen molar-refractivity contribution in [1.29, 1.82) is 0 Å². The number of ether oxygens (including phenoxy) is 1. The number of hydrogen-bond acceptors (Lipinski definition) is 2. The van der Waals surface area contributed by atoms with Gasteiger partial charge in [0, 0.05) is 23.9 Å². The Labute approximate surface area is 179 Å². The van der Waals surface area contributed by atoms with Crippen molar-refractivity contribution in [2.45, 2.75) is 12.3 Å². The molecule has 30 heavy (non-hydrogen) atoms. The molecule has 0 spiro atoms. The lowest BCUT2D eigenvalue weighted by Gasteiger charge is -2.14. The van der Waals surface area contributed by atoms with E-state index in [2.05, 4.69) is 41.4 Å². The van der Waals surface area contributed by atoms with Crippen LogP contribution in [0.1, 0.15) is 29.0 Å². The van der Waals surface area contributed by atoms with Crippen LogP contribution in [0.25, 0.3) is 11.1 Å². The number of benzene rings is 3. The molecule has 150 valence electrons. The average Bonchev–Trinajstić information content (AvgIpc) is 3.08. The third-order valence-corrected chi connectivity index (χ3v) is 5.25. The van der Waals surface area contributed by atoms with Gasteiger partial charge >= 0.3 is 6.09 Å². The third-order valence-electron chi connectivity index (χ3n) is 5.01. The van der Waals surface area contributed by atoms with E-state index in [0.717, 1.165) is 0 Å². The summed E-state index contributed by atoms with van der Waals surface area (Å²) in [6.07, 6.45) is -0.122. The number of hydrogen-bond donors (Lipinski definition) is 1. The largest absolute Gasteiger partial charge is 0.449 e. The predicted octanol–water partition coefficient (Wildman–Crippen LogP) is 5.76. The highest BCUT2D eigenvalue weighted by molar-refractivity contribution is 6.30. The van der Waals surface area contributed by atoms with Gasteiger partial charge in [0.1, 0.15) is 12.4 Å². The van der Waals surface area contributed by atoms with Crippen LogP contribution >= 0.6 is 11.6 Å².